The zero-order valence-corrected chi connectivity index (χ0v) is 70.7. The van der Waals surface area contributed by atoms with Crippen molar-refractivity contribution < 1.29 is 0 Å². The third-order valence-corrected chi connectivity index (χ3v) is 24.8. The number of fused-ring (bicyclic) bond motifs is 12. The van der Waals surface area contributed by atoms with Gasteiger partial charge in [-0.2, -0.15) is 0 Å². The van der Waals surface area contributed by atoms with Gasteiger partial charge in [-0.05, 0) is 218 Å². The lowest BCUT2D eigenvalue weighted by Crippen LogP contribution is -2.55. The summed E-state index contributed by atoms with van der Waals surface area (Å²) in [5.41, 5.74) is 49.0. The molecule has 114 heavy (non-hydrogen) atoms. The molecule has 0 saturated carbocycles. The highest BCUT2D eigenvalue weighted by atomic mass is 15.0. The Morgan fingerprint density at radius 1 is 0.211 bits per heavy atom. The fourth-order valence-electron chi connectivity index (χ4n) is 20.8. The molecular weight excluding hydrogens is 1370 g/mol. The molecule has 0 aliphatic rings. The van der Waals surface area contributed by atoms with Crippen LogP contribution >= 0.6 is 0 Å². The maximum absolute atomic E-state index is 3.70. The SMILES string of the molecule is CCn1c2cc(C#Cc3ccc(B(c4c(C)cc(C)cc4C)c4c(C)cc(C)cc4C)cc3)ccc2c2c1c1c3ccc(C#Cc4ccc(B(c5c(C)cc(C)cc5C)c5c(C)cc(C)cc5C)cc4)cc3n(CC)c1c1c3ccc(C#Cc4ccc(B(c5c(C)cc(C)cc5C)c5c(C)cc(C)cc5C)cc4)cc3n(CC)c21. The second-order valence-corrected chi connectivity index (χ2v) is 33.4. The Kier molecular flexibility index (Phi) is 20.2. The fourth-order valence-corrected chi connectivity index (χ4v) is 20.8. The van der Waals surface area contributed by atoms with Crippen molar-refractivity contribution in [2.75, 3.05) is 0 Å². The van der Waals surface area contributed by atoms with Crippen LogP contribution in [0.15, 0.2) is 200 Å². The number of rotatable bonds is 12. The summed E-state index contributed by atoms with van der Waals surface area (Å²) in [6, 6.07) is 76.2. The number of benzene rings is 13. The van der Waals surface area contributed by atoms with E-state index in [0.29, 0.717) is 0 Å². The van der Waals surface area contributed by atoms with E-state index < -0.39 is 0 Å². The van der Waals surface area contributed by atoms with Gasteiger partial charge in [0.25, 0.3) is 0 Å². The summed E-state index contributed by atoms with van der Waals surface area (Å²) >= 11 is 0. The molecule has 0 atom stereocenters. The minimum Gasteiger partial charge on any atom is -0.340 e. The van der Waals surface area contributed by atoms with Crippen LogP contribution in [0.2, 0.25) is 0 Å². The van der Waals surface area contributed by atoms with Crippen LogP contribution in [0.1, 0.15) is 154 Å². The van der Waals surface area contributed by atoms with Gasteiger partial charge in [0, 0.05) is 85.3 Å². The van der Waals surface area contributed by atoms with Crippen molar-refractivity contribution >= 4 is 135 Å². The van der Waals surface area contributed by atoms with Gasteiger partial charge in [-0.1, -0.05) is 312 Å². The number of hydrogen-bond acceptors (Lipinski definition) is 0. The quantitative estimate of drug-likeness (QED) is 0.0855. The molecule has 6 heteroatoms. The minimum atomic E-state index is 0.0896. The summed E-state index contributed by atoms with van der Waals surface area (Å²) in [6.07, 6.45) is 0. The molecule has 16 aromatic rings. The van der Waals surface area contributed by atoms with E-state index in [9.17, 15) is 0 Å². The highest BCUT2D eigenvalue weighted by molar-refractivity contribution is 6.98. The number of hydrogen-bond donors (Lipinski definition) is 0. The first-order chi connectivity index (χ1) is 54.8. The standard InChI is InChI=1S/C108H102B3N3/c1-22-112-94-61-85(28-25-82-31-40-88(41-32-82)109(100-70(10)49-64(4)50-71(100)11)101-72(12)51-65(5)52-73(101)13)37-46-91(94)97-106(112)98-92-47-38-86(29-26-83-33-42-89(43-34-83)110(102-74(14)53-66(6)54-75(102)15)103-76(16)55-67(7)56-77(103)17)62-95(92)113(23-2)108(98)99-93-48-39-87(63-96(93)114(24-3)107(97)99)30-27-84-35-44-90(45-36-84)111(104-78(18)57-68(8)58-79(104)19)105-80(20)59-69(9)60-81(105)21/h31-63H,22-24H2,1-21H3. The van der Waals surface area contributed by atoms with Crippen LogP contribution in [0.3, 0.4) is 0 Å². The van der Waals surface area contributed by atoms with E-state index in [0.717, 1.165) is 53.0 Å². The summed E-state index contributed by atoms with van der Waals surface area (Å²) < 4.78 is 7.74. The molecule has 3 nitrogen and oxygen atoms in total. The average molecular weight is 1470 g/mol. The molecule has 0 amide bonds. The minimum absolute atomic E-state index is 0.0896. The predicted octanol–water partition coefficient (Wildman–Crippen LogP) is 19.4. The van der Waals surface area contributed by atoms with E-state index >= 15 is 0 Å². The van der Waals surface area contributed by atoms with E-state index in [2.05, 4.69) is 395 Å². The Labute approximate surface area is 678 Å². The van der Waals surface area contributed by atoms with Crippen molar-refractivity contribution in [3.05, 3.63) is 334 Å². The van der Waals surface area contributed by atoms with Crippen LogP contribution in [0.4, 0.5) is 0 Å². The zero-order chi connectivity index (χ0) is 80.1. The molecule has 0 spiro atoms. The first-order valence-electron chi connectivity index (χ1n) is 41.1. The van der Waals surface area contributed by atoms with Gasteiger partial charge in [-0.15, -0.1) is 0 Å². The number of aromatic nitrogens is 3. The molecule has 558 valence electrons. The number of aryl methyl sites for hydroxylation is 21. The van der Waals surface area contributed by atoms with E-state index in [-0.39, 0.29) is 20.1 Å². The zero-order valence-electron chi connectivity index (χ0n) is 70.7. The van der Waals surface area contributed by atoms with Crippen molar-refractivity contribution in [2.45, 2.75) is 165 Å². The molecule has 0 aliphatic heterocycles. The van der Waals surface area contributed by atoms with Crippen molar-refractivity contribution in [3.8, 4) is 35.5 Å². The number of nitrogens with zero attached hydrogens (tertiary/aromatic N) is 3. The van der Waals surface area contributed by atoms with Crippen LogP contribution in [-0.2, 0) is 19.6 Å². The third kappa shape index (κ3) is 13.5. The van der Waals surface area contributed by atoms with Crippen molar-refractivity contribution in [3.63, 3.8) is 0 Å². The summed E-state index contributed by atoms with van der Waals surface area (Å²) in [5, 5.41) is 7.45. The Balaban J connectivity index is 0.832. The van der Waals surface area contributed by atoms with E-state index in [4.69, 9.17) is 0 Å². The van der Waals surface area contributed by atoms with Gasteiger partial charge in [-0.3, -0.25) is 0 Å². The Morgan fingerprint density at radius 2 is 0.377 bits per heavy atom. The molecular formula is C108H102B3N3. The van der Waals surface area contributed by atoms with Gasteiger partial charge < -0.3 is 13.7 Å². The first-order valence-corrected chi connectivity index (χ1v) is 41.1. The fraction of sp³-hybridized carbons (Fsp3) is 0.222. The smallest absolute Gasteiger partial charge is 0.242 e. The van der Waals surface area contributed by atoms with Crippen LogP contribution in [0.5, 0.6) is 0 Å². The molecule has 0 bridgehead atoms. The van der Waals surface area contributed by atoms with Crippen molar-refractivity contribution in [1.82, 2.24) is 13.7 Å². The Bertz CT molecular complexity index is 5890. The molecule has 16 rings (SSSR count). The van der Waals surface area contributed by atoms with Crippen molar-refractivity contribution in [1.29, 1.82) is 0 Å². The molecule has 3 aromatic heterocycles. The van der Waals surface area contributed by atoms with E-state index in [1.54, 1.807) is 0 Å². The monoisotopic (exact) mass is 1470 g/mol. The summed E-state index contributed by atoms with van der Waals surface area (Å²) in [7, 11) is 0. The molecule has 0 fully saturated rings. The molecule has 0 unspecified atom stereocenters. The average Bonchev–Trinajstić information content (AvgIpc) is 1.51. The lowest BCUT2D eigenvalue weighted by molar-refractivity contribution is 0.821. The second-order valence-electron chi connectivity index (χ2n) is 33.4. The van der Waals surface area contributed by atoms with Gasteiger partial charge in [0.05, 0.1) is 33.1 Å². The summed E-state index contributed by atoms with van der Waals surface area (Å²) in [5.74, 6) is 22.1. The van der Waals surface area contributed by atoms with Crippen LogP contribution in [-0.4, -0.2) is 33.8 Å². The molecule has 0 N–H and O–H groups in total. The maximum Gasteiger partial charge on any atom is 0.242 e. The lowest BCUT2D eigenvalue weighted by Gasteiger charge is -2.24. The molecule has 0 saturated heterocycles. The van der Waals surface area contributed by atoms with Crippen LogP contribution in [0, 0.1) is 160 Å². The van der Waals surface area contributed by atoms with Gasteiger partial charge in [0.2, 0.25) is 20.1 Å². The van der Waals surface area contributed by atoms with Gasteiger partial charge >= 0.3 is 0 Å². The molecule has 0 radical (unpaired) electrons. The molecule has 3 heterocycles. The Hall–Kier alpha value is -11.9. The summed E-state index contributed by atoms with van der Waals surface area (Å²) in [6.45, 7) is 50.1. The van der Waals surface area contributed by atoms with E-state index in [1.165, 1.54) is 215 Å². The molecule has 13 aromatic carbocycles. The normalized spacial score (nSPS) is 11.4. The van der Waals surface area contributed by atoms with Gasteiger partial charge in [0.1, 0.15) is 0 Å². The second kappa shape index (κ2) is 30.2. The van der Waals surface area contributed by atoms with Gasteiger partial charge in [0.15, 0.2) is 0 Å². The lowest BCUT2D eigenvalue weighted by atomic mass is 9.34. The molecule has 0 aliphatic carbocycles. The van der Waals surface area contributed by atoms with E-state index in [1.807, 2.05) is 0 Å². The summed E-state index contributed by atoms with van der Waals surface area (Å²) in [4.78, 5) is 0. The van der Waals surface area contributed by atoms with Crippen LogP contribution < -0.4 is 49.2 Å². The largest absolute Gasteiger partial charge is 0.340 e. The van der Waals surface area contributed by atoms with Crippen LogP contribution in [0.25, 0.3) is 65.4 Å². The van der Waals surface area contributed by atoms with Gasteiger partial charge in [-0.25, -0.2) is 0 Å². The maximum atomic E-state index is 3.70. The third-order valence-electron chi connectivity index (χ3n) is 24.8. The first kappa shape index (κ1) is 76.1. The topological polar surface area (TPSA) is 14.8 Å². The predicted molar refractivity (Wildman–Crippen MR) is 498 cm³/mol. The van der Waals surface area contributed by atoms with Crippen molar-refractivity contribution in [2.24, 2.45) is 0 Å². The Morgan fingerprint density at radius 3 is 0.553 bits per heavy atom. The highest BCUT2D eigenvalue weighted by Crippen LogP contribution is 2.48. The highest BCUT2D eigenvalue weighted by Gasteiger charge is 2.33.